The van der Waals surface area contributed by atoms with E-state index in [9.17, 15) is 14.0 Å². The Morgan fingerprint density at radius 2 is 2.23 bits per heavy atom. The molecule has 1 saturated heterocycles. The average molecular weight is 415 g/mol. The van der Waals surface area contributed by atoms with Gasteiger partial charge in [-0.05, 0) is 54.7 Å². The van der Waals surface area contributed by atoms with Gasteiger partial charge in [-0.1, -0.05) is 13.0 Å². The van der Waals surface area contributed by atoms with Crippen LogP contribution in [0.5, 0.6) is 0 Å². The van der Waals surface area contributed by atoms with Gasteiger partial charge in [0.05, 0.1) is 6.20 Å². The number of nitrogens with zero attached hydrogens (tertiary/aromatic N) is 2. The van der Waals surface area contributed by atoms with Gasteiger partial charge in [0.1, 0.15) is 5.82 Å². The summed E-state index contributed by atoms with van der Waals surface area (Å²) in [4.78, 5) is 29.4. The smallest absolute Gasteiger partial charge is 0.412 e. The van der Waals surface area contributed by atoms with Gasteiger partial charge >= 0.3 is 6.09 Å². The van der Waals surface area contributed by atoms with Crippen LogP contribution in [0.1, 0.15) is 43.9 Å². The van der Waals surface area contributed by atoms with Crippen molar-refractivity contribution in [2.24, 2.45) is 11.3 Å². The van der Waals surface area contributed by atoms with E-state index in [1.807, 2.05) is 11.8 Å². The Morgan fingerprint density at radius 1 is 1.40 bits per heavy atom. The summed E-state index contributed by atoms with van der Waals surface area (Å²) in [6, 6.07) is 4.71. The number of halogens is 1. The highest BCUT2D eigenvalue weighted by Crippen LogP contribution is 2.52. The number of ether oxygens (including phenoxy) is 1. The lowest BCUT2D eigenvalue weighted by molar-refractivity contribution is -0.130. The average Bonchev–Trinajstić information content (AvgIpc) is 3.37. The number of carbonyl (C=O) groups excluding carboxylic acids is 2. The molecular formula is C22H26FN3O4. The third-order valence-electron chi connectivity index (χ3n) is 6.17. The molecule has 1 N–H and O–H groups in total. The number of hydrogen-bond acceptors (Lipinski definition) is 5. The van der Waals surface area contributed by atoms with Gasteiger partial charge in [0.15, 0.2) is 18.8 Å². The van der Waals surface area contributed by atoms with E-state index in [2.05, 4.69) is 10.3 Å². The van der Waals surface area contributed by atoms with Crippen molar-refractivity contribution in [3.05, 3.63) is 47.9 Å². The third-order valence-corrected chi connectivity index (χ3v) is 6.17. The van der Waals surface area contributed by atoms with Crippen LogP contribution in [0.3, 0.4) is 0 Å². The van der Waals surface area contributed by atoms with E-state index in [0.29, 0.717) is 35.8 Å². The highest BCUT2D eigenvalue weighted by Gasteiger charge is 2.48. The SMILES string of the molecule is CCC(=O)N1CCC2(CC(Cc3ccc(NC(=O)OCc4cnco4)cc3F)C2)C1. The summed E-state index contributed by atoms with van der Waals surface area (Å²) in [6.07, 6.45) is 6.37. The summed E-state index contributed by atoms with van der Waals surface area (Å²) in [5.41, 5.74) is 1.23. The Morgan fingerprint density at radius 3 is 2.93 bits per heavy atom. The first-order valence-electron chi connectivity index (χ1n) is 10.3. The van der Waals surface area contributed by atoms with Crippen LogP contribution in [0.2, 0.25) is 0 Å². The zero-order valence-electron chi connectivity index (χ0n) is 17.0. The van der Waals surface area contributed by atoms with Gasteiger partial charge in [0.25, 0.3) is 0 Å². The summed E-state index contributed by atoms with van der Waals surface area (Å²) in [6.45, 7) is 3.55. The van der Waals surface area contributed by atoms with Crippen molar-refractivity contribution in [3.63, 3.8) is 0 Å². The molecule has 2 heterocycles. The van der Waals surface area contributed by atoms with E-state index in [1.54, 1.807) is 12.1 Å². The predicted molar refractivity (Wildman–Crippen MR) is 107 cm³/mol. The second-order valence-electron chi connectivity index (χ2n) is 8.37. The molecule has 2 aliphatic rings. The summed E-state index contributed by atoms with van der Waals surface area (Å²) >= 11 is 0. The maximum absolute atomic E-state index is 14.5. The largest absolute Gasteiger partial charge is 0.445 e. The number of carbonyl (C=O) groups is 2. The van der Waals surface area contributed by atoms with Crippen molar-refractivity contribution in [1.29, 1.82) is 0 Å². The Kier molecular flexibility index (Phi) is 5.74. The Balaban J connectivity index is 1.25. The standard InChI is InChI=1S/C22H26FN3O4/c1-2-20(27)26-6-5-22(13-26)9-15(10-22)7-16-3-4-17(8-19(16)23)25-21(28)29-12-18-11-24-14-30-18/h3-4,8,11,14-15H,2,5-7,9-10,12-13H2,1H3,(H,25,28). The molecule has 4 rings (SSSR count). The van der Waals surface area contributed by atoms with E-state index < -0.39 is 6.09 Å². The van der Waals surface area contributed by atoms with E-state index in [4.69, 9.17) is 9.15 Å². The molecular weight excluding hydrogens is 389 g/mol. The van der Waals surface area contributed by atoms with Crippen molar-refractivity contribution in [1.82, 2.24) is 9.88 Å². The van der Waals surface area contributed by atoms with Crippen LogP contribution < -0.4 is 5.32 Å². The van der Waals surface area contributed by atoms with Crippen molar-refractivity contribution in [2.75, 3.05) is 18.4 Å². The molecule has 0 atom stereocenters. The second-order valence-corrected chi connectivity index (χ2v) is 8.37. The lowest BCUT2D eigenvalue weighted by Crippen LogP contribution is -2.41. The molecule has 30 heavy (non-hydrogen) atoms. The monoisotopic (exact) mass is 415 g/mol. The topological polar surface area (TPSA) is 84.7 Å². The summed E-state index contributed by atoms with van der Waals surface area (Å²) in [7, 11) is 0. The van der Waals surface area contributed by atoms with E-state index in [-0.39, 0.29) is 23.7 Å². The number of hydrogen-bond donors (Lipinski definition) is 1. The fourth-order valence-electron chi connectivity index (χ4n) is 4.72. The maximum atomic E-state index is 14.5. The van der Waals surface area contributed by atoms with E-state index >= 15 is 0 Å². The zero-order chi connectivity index (χ0) is 21.1. The van der Waals surface area contributed by atoms with Gasteiger partial charge in [0.2, 0.25) is 5.91 Å². The first-order chi connectivity index (χ1) is 14.5. The zero-order valence-corrected chi connectivity index (χ0v) is 17.0. The van der Waals surface area contributed by atoms with Crippen LogP contribution in [0, 0.1) is 17.2 Å². The fourth-order valence-corrected chi connectivity index (χ4v) is 4.72. The molecule has 0 radical (unpaired) electrons. The second kappa shape index (κ2) is 8.45. The normalized spacial score (nSPS) is 22.7. The van der Waals surface area contributed by atoms with Gasteiger partial charge in [-0.2, -0.15) is 0 Å². The summed E-state index contributed by atoms with van der Waals surface area (Å²) in [5.74, 6) is 0.748. The van der Waals surface area contributed by atoms with Crippen molar-refractivity contribution in [3.8, 4) is 0 Å². The molecule has 1 aliphatic carbocycles. The van der Waals surface area contributed by atoms with Crippen LogP contribution in [0.15, 0.2) is 35.2 Å². The Hall–Kier alpha value is -2.90. The van der Waals surface area contributed by atoms with E-state index in [1.165, 1.54) is 18.7 Å². The van der Waals surface area contributed by atoms with Gasteiger partial charge in [-0.15, -0.1) is 0 Å². The van der Waals surface area contributed by atoms with Crippen LogP contribution >= 0.6 is 0 Å². The predicted octanol–water partition coefficient (Wildman–Crippen LogP) is 4.14. The van der Waals surface area contributed by atoms with Crippen molar-refractivity contribution >= 4 is 17.7 Å². The molecule has 0 bridgehead atoms. The van der Waals surface area contributed by atoms with E-state index in [0.717, 1.165) is 32.4 Å². The molecule has 160 valence electrons. The van der Waals surface area contributed by atoms with Gasteiger partial charge in [-0.3, -0.25) is 10.1 Å². The number of nitrogens with one attached hydrogen (secondary N) is 1. The van der Waals surface area contributed by atoms with Crippen molar-refractivity contribution in [2.45, 2.75) is 45.6 Å². The molecule has 2 aromatic rings. The number of aromatic nitrogens is 1. The molecule has 2 amide bonds. The van der Waals surface area contributed by atoms with Gasteiger partial charge < -0.3 is 14.1 Å². The van der Waals surface area contributed by atoms with Gasteiger partial charge in [-0.25, -0.2) is 14.2 Å². The number of amides is 2. The van der Waals surface area contributed by atoms with Crippen LogP contribution in [0.25, 0.3) is 0 Å². The molecule has 0 unspecified atom stereocenters. The molecule has 1 spiro atoms. The summed E-state index contributed by atoms with van der Waals surface area (Å²) < 4.78 is 24.5. The van der Waals surface area contributed by atoms with Crippen LogP contribution in [-0.2, 0) is 22.6 Å². The third kappa shape index (κ3) is 4.47. The Bertz CT molecular complexity index is 909. The number of anilines is 1. The lowest BCUT2D eigenvalue weighted by atomic mass is 9.60. The Labute approximate surface area is 174 Å². The lowest BCUT2D eigenvalue weighted by Gasteiger charge is -2.45. The minimum absolute atomic E-state index is 0.0445. The molecule has 7 nitrogen and oxygen atoms in total. The fraction of sp³-hybridized carbons (Fsp3) is 0.500. The van der Waals surface area contributed by atoms with Gasteiger partial charge in [0, 0.05) is 25.2 Å². The molecule has 1 aromatic heterocycles. The number of oxazole rings is 1. The highest BCUT2D eigenvalue weighted by atomic mass is 19.1. The first-order valence-corrected chi connectivity index (χ1v) is 10.3. The van der Waals surface area contributed by atoms with Crippen LogP contribution in [0.4, 0.5) is 14.9 Å². The molecule has 1 aromatic carbocycles. The molecule has 8 heteroatoms. The number of benzene rings is 1. The molecule has 1 aliphatic heterocycles. The highest BCUT2D eigenvalue weighted by molar-refractivity contribution is 5.84. The minimum Gasteiger partial charge on any atom is -0.445 e. The maximum Gasteiger partial charge on any atom is 0.412 e. The minimum atomic E-state index is -0.688. The first kappa shape index (κ1) is 20.4. The number of rotatable bonds is 6. The number of likely N-dealkylation sites (tertiary alicyclic amines) is 1. The molecule has 1 saturated carbocycles. The quantitative estimate of drug-likeness (QED) is 0.766. The van der Waals surface area contributed by atoms with Crippen LogP contribution in [-0.4, -0.2) is 35.0 Å². The molecule has 2 fully saturated rings. The summed E-state index contributed by atoms with van der Waals surface area (Å²) in [5, 5.41) is 2.51. The van der Waals surface area contributed by atoms with Crippen molar-refractivity contribution < 1.29 is 23.1 Å².